The van der Waals surface area contributed by atoms with Crippen molar-refractivity contribution in [3.8, 4) is 11.5 Å². The van der Waals surface area contributed by atoms with Gasteiger partial charge in [-0.2, -0.15) is 5.10 Å². The van der Waals surface area contributed by atoms with Crippen LogP contribution in [-0.2, 0) is 0 Å². The van der Waals surface area contributed by atoms with Gasteiger partial charge >= 0.3 is 0 Å². The van der Waals surface area contributed by atoms with Gasteiger partial charge in [-0.15, -0.1) is 15.3 Å². The standard InChI is InChI=1S/C17H15N5O2/c1-10-19-22-17(24-10)13-6-4-12(5-7-13)16(23)18-15-9-8-14(20-21-15)11-2-3-11/h4-9,11H,2-3H2,1H3,(H,18,21,23). The molecule has 2 heterocycles. The van der Waals surface area contributed by atoms with E-state index < -0.39 is 0 Å². The molecule has 0 spiro atoms. The molecule has 1 N–H and O–H groups in total. The van der Waals surface area contributed by atoms with E-state index in [4.69, 9.17) is 4.42 Å². The largest absolute Gasteiger partial charge is 0.421 e. The lowest BCUT2D eigenvalue weighted by Gasteiger charge is -2.05. The van der Waals surface area contributed by atoms with Crippen molar-refractivity contribution < 1.29 is 9.21 Å². The molecule has 0 bridgehead atoms. The van der Waals surface area contributed by atoms with Gasteiger partial charge in [-0.05, 0) is 49.2 Å². The number of hydrogen-bond donors (Lipinski definition) is 1. The SMILES string of the molecule is Cc1nnc(-c2ccc(C(=O)Nc3ccc(C4CC4)nn3)cc2)o1. The van der Waals surface area contributed by atoms with E-state index >= 15 is 0 Å². The number of amides is 1. The van der Waals surface area contributed by atoms with Crippen molar-refractivity contribution in [1.29, 1.82) is 0 Å². The third-order valence-electron chi connectivity index (χ3n) is 3.84. The van der Waals surface area contributed by atoms with Crippen LogP contribution in [-0.4, -0.2) is 26.3 Å². The van der Waals surface area contributed by atoms with Gasteiger partial charge in [-0.25, -0.2) is 0 Å². The van der Waals surface area contributed by atoms with Crippen LogP contribution in [0.25, 0.3) is 11.5 Å². The zero-order valence-electron chi connectivity index (χ0n) is 13.1. The van der Waals surface area contributed by atoms with Crippen LogP contribution in [0.1, 0.15) is 40.7 Å². The summed E-state index contributed by atoms with van der Waals surface area (Å²) in [6.45, 7) is 1.73. The van der Waals surface area contributed by atoms with E-state index in [1.165, 1.54) is 12.8 Å². The molecule has 4 rings (SSSR count). The van der Waals surface area contributed by atoms with E-state index in [1.54, 1.807) is 37.3 Å². The fourth-order valence-electron chi connectivity index (χ4n) is 2.37. The molecule has 120 valence electrons. The van der Waals surface area contributed by atoms with Crippen LogP contribution in [0.2, 0.25) is 0 Å². The molecular weight excluding hydrogens is 306 g/mol. The minimum atomic E-state index is -0.239. The first-order valence-corrected chi connectivity index (χ1v) is 7.74. The maximum atomic E-state index is 12.3. The highest BCUT2D eigenvalue weighted by Crippen LogP contribution is 2.38. The van der Waals surface area contributed by atoms with E-state index in [0.717, 1.165) is 11.3 Å². The molecule has 1 aromatic carbocycles. The Labute approximate surface area is 138 Å². The minimum Gasteiger partial charge on any atom is -0.421 e. The molecule has 0 unspecified atom stereocenters. The van der Waals surface area contributed by atoms with Gasteiger partial charge in [0.15, 0.2) is 5.82 Å². The van der Waals surface area contributed by atoms with Crippen molar-refractivity contribution in [2.75, 3.05) is 5.32 Å². The fourth-order valence-corrected chi connectivity index (χ4v) is 2.37. The molecule has 1 amide bonds. The highest BCUT2D eigenvalue weighted by molar-refractivity contribution is 6.03. The van der Waals surface area contributed by atoms with E-state index in [1.807, 2.05) is 6.07 Å². The quantitative estimate of drug-likeness (QED) is 0.794. The molecule has 7 nitrogen and oxygen atoms in total. The van der Waals surface area contributed by atoms with Crippen molar-refractivity contribution in [3.63, 3.8) is 0 Å². The van der Waals surface area contributed by atoms with E-state index in [9.17, 15) is 4.79 Å². The lowest BCUT2D eigenvalue weighted by molar-refractivity contribution is 0.102. The molecule has 3 aromatic rings. The van der Waals surface area contributed by atoms with Crippen molar-refractivity contribution in [2.24, 2.45) is 0 Å². The first-order valence-electron chi connectivity index (χ1n) is 7.74. The Bertz CT molecular complexity index is 867. The van der Waals surface area contributed by atoms with Gasteiger partial charge in [0.2, 0.25) is 11.8 Å². The summed E-state index contributed by atoms with van der Waals surface area (Å²) in [5.74, 6) is 1.68. The normalized spacial score (nSPS) is 13.7. The lowest BCUT2D eigenvalue weighted by atomic mass is 10.1. The van der Waals surface area contributed by atoms with Crippen LogP contribution in [0.15, 0.2) is 40.8 Å². The second kappa shape index (κ2) is 5.84. The molecular formula is C17H15N5O2. The summed E-state index contributed by atoms with van der Waals surface area (Å²) in [6.07, 6.45) is 2.35. The zero-order chi connectivity index (χ0) is 16.5. The smallest absolute Gasteiger partial charge is 0.256 e. The molecule has 0 atom stereocenters. The Morgan fingerprint density at radius 3 is 2.42 bits per heavy atom. The van der Waals surface area contributed by atoms with Crippen molar-refractivity contribution in [3.05, 3.63) is 53.5 Å². The topological polar surface area (TPSA) is 93.8 Å². The summed E-state index contributed by atoms with van der Waals surface area (Å²) < 4.78 is 5.36. The molecule has 1 aliphatic rings. The second-order valence-corrected chi connectivity index (χ2v) is 5.78. The van der Waals surface area contributed by atoms with Gasteiger partial charge < -0.3 is 9.73 Å². The number of benzene rings is 1. The van der Waals surface area contributed by atoms with Crippen molar-refractivity contribution in [2.45, 2.75) is 25.7 Å². The van der Waals surface area contributed by atoms with E-state index in [0.29, 0.717) is 29.1 Å². The first kappa shape index (κ1) is 14.5. The van der Waals surface area contributed by atoms with Crippen LogP contribution in [0.5, 0.6) is 0 Å². The average molecular weight is 321 g/mol. The molecule has 0 saturated heterocycles. The number of rotatable bonds is 4. The Balaban J connectivity index is 1.45. The summed E-state index contributed by atoms with van der Waals surface area (Å²) in [5.41, 5.74) is 2.27. The molecule has 1 aliphatic carbocycles. The fraction of sp³-hybridized carbons (Fsp3) is 0.235. The Kier molecular flexibility index (Phi) is 3.53. The predicted molar refractivity (Wildman–Crippen MR) is 86.4 cm³/mol. The molecule has 7 heteroatoms. The van der Waals surface area contributed by atoms with Crippen LogP contribution in [0, 0.1) is 6.92 Å². The highest BCUT2D eigenvalue weighted by atomic mass is 16.4. The maximum Gasteiger partial charge on any atom is 0.256 e. The molecule has 1 fully saturated rings. The average Bonchev–Trinajstić information content (AvgIpc) is 3.37. The number of aryl methyl sites for hydroxylation is 1. The minimum absolute atomic E-state index is 0.239. The van der Waals surface area contributed by atoms with E-state index in [-0.39, 0.29) is 5.91 Å². The number of aromatic nitrogens is 4. The Morgan fingerprint density at radius 1 is 1.04 bits per heavy atom. The molecule has 24 heavy (non-hydrogen) atoms. The van der Waals surface area contributed by atoms with Crippen LogP contribution >= 0.6 is 0 Å². The molecule has 0 aliphatic heterocycles. The predicted octanol–water partition coefficient (Wildman–Crippen LogP) is 2.96. The van der Waals surface area contributed by atoms with Gasteiger partial charge in [0.1, 0.15) is 0 Å². The van der Waals surface area contributed by atoms with Gasteiger partial charge in [0.05, 0.1) is 5.69 Å². The maximum absolute atomic E-state index is 12.3. The number of nitrogens with one attached hydrogen (secondary N) is 1. The van der Waals surface area contributed by atoms with Crippen LogP contribution < -0.4 is 5.32 Å². The number of anilines is 1. The van der Waals surface area contributed by atoms with Gasteiger partial charge in [-0.3, -0.25) is 4.79 Å². The summed E-state index contributed by atoms with van der Waals surface area (Å²) in [4.78, 5) is 12.3. The number of nitrogens with zero attached hydrogens (tertiary/aromatic N) is 4. The number of carbonyl (C=O) groups is 1. The van der Waals surface area contributed by atoms with Gasteiger partial charge in [0.25, 0.3) is 5.91 Å². The summed E-state index contributed by atoms with van der Waals surface area (Å²) in [7, 11) is 0. The van der Waals surface area contributed by atoms with Crippen molar-refractivity contribution in [1.82, 2.24) is 20.4 Å². The summed E-state index contributed by atoms with van der Waals surface area (Å²) >= 11 is 0. The highest BCUT2D eigenvalue weighted by Gasteiger charge is 2.25. The monoisotopic (exact) mass is 321 g/mol. The molecule has 2 aromatic heterocycles. The van der Waals surface area contributed by atoms with Crippen LogP contribution in [0.4, 0.5) is 5.82 Å². The Morgan fingerprint density at radius 2 is 1.83 bits per heavy atom. The third kappa shape index (κ3) is 3.01. The lowest BCUT2D eigenvalue weighted by Crippen LogP contribution is -2.13. The number of carbonyl (C=O) groups excluding carboxylic acids is 1. The molecule has 1 saturated carbocycles. The van der Waals surface area contributed by atoms with Crippen molar-refractivity contribution >= 4 is 11.7 Å². The summed E-state index contributed by atoms with van der Waals surface area (Å²) in [5, 5.41) is 18.7. The second-order valence-electron chi connectivity index (χ2n) is 5.78. The molecule has 0 radical (unpaired) electrons. The van der Waals surface area contributed by atoms with Gasteiger partial charge in [0, 0.05) is 24.0 Å². The van der Waals surface area contributed by atoms with Gasteiger partial charge in [-0.1, -0.05) is 0 Å². The van der Waals surface area contributed by atoms with Crippen LogP contribution in [0.3, 0.4) is 0 Å². The Hall–Kier alpha value is -3.09. The third-order valence-corrected chi connectivity index (χ3v) is 3.84. The number of hydrogen-bond acceptors (Lipinski definition) is 6. The first-order chi connectivity index (χ1) is 11.7. The zero-order valence-corrected chi connectivity index (χ0v) is 13.1. The summed E-state index contributed by atoms with van der Waals surface area (Å²) in [6, 6.07) is 10.6. The van der Waals surface area contributed by atoms with E-state index in [2.05, 4.69) is 25.7 Å².